The molecule has 2 aromatic rings. The zero-order valence-electron chi connectivity index (χ0n) is 9.29. The maximum absolute atomic E-state index is 12.0. The number of ketones is 1. The molecule has 0 unspecified atom stereocenters. The van der Waals surface area contributed by atoms with Gasteiger partial charge in [-0.25, -0.2) is 0 Å². The minimum atomic E-state index is 0.116. The zero-order valence-corrected chi connectivity index (χ0v) is 10.1. The second-order valence-electron chi connectivity index (χ2n) is 4.47. The van der Waals surface area contributed by atoms with Crippen LogP contribution in [0.3, 0.4) is 0 Å². The number of rotatable bonds is 4. The fraction of sp³-hybridized carbons (Fsp3) is 0.308. The van der Waals surface area contributed by atoms with Crippen molar-refractivity contribution in [2.24, 2.45) is 0 Å². The molecule has 1 aliphatic rings. The molecular formula is C13H13ClN2O. The molecule has 1 saturated carbocycles. The molecule has 1 aromatic carbocycles. The zero-order chi connectivity index (χ0) is 11.8. The second-order valence-corrected chi connectivity index (χ2v) is 4.91. The summed E-state index contributed by atoms with van der Waals surface area (Å²) < 4.78 is 0. The third-order valence-electron chi connectivity index (χ3n) is 3.07. The lowest BCUT2D eigenvalue weighted by molar-refractivity contribution is 0.0992. The Morgan fingerprint density at radius 2 is 2.29 bits per heavy atom. The first-order valence-electron chi connectivity index (χ1n) is 5.77. The van der Waals surface area contributed by atoms with E-state index >= 15 is 0 Å². The monoisotopic (exact) mass is 248 g/mol. The maximum Gasteiger partial charge on any atom is 0.178 e. The molecule has 1 fully saturated rings. The highest BCUT2D eigenvalue weighted by molar-refractivity contribution is 6.31. The maximum atomic E-state index is 12.0. The SMILES string of the molecule is O=C(CNC1CC1)c1c[nH]c2ccc(Cl)cc12. The van der Waals surface area contributed by atoms with Gasteiger partial charge >= 0.3 is 0 Å². The first-order valence-corrected chi connectivity index (χ1v) is 6.15. The molecule has 0 aliphatic heterocycles. The van der Waals surface area contributed by atoms with Crippen molar-refractivity contribution in [2.75, 3.05) is 6.54 Å². The molecule has 4 heteroatoms. The molecule has 2 N–H and O–H groups in total. The van der Waals surface area contributed by atoms with Crippen LogP contribution in [0.25, 0.3) is 10.9 Å². The Morgan fingerprint density at radius 1 is 1.47 bits per heavy atom. The van der Waals surface area contributed by atoms with E-state index in [9.17, 15) is 4.79 Å². The number of benzene rings is 1. The van der Waals surface area contributed by atoms with Crippen molar-refractivity contribution in [1.82, 2.24) is 10.3 Å². The fourth-order valence-corrected chi connectivity index (χ4v) is 2.12. The van der Waals surface area contributed by atoms with Crippen molar-refractivity contribution >= 4 is 28.3 Å². The van der Waals surface area contributed by atoms with Crippen LogP contribution in [0, 0.1) is 0 Å². The van der Waals surface area contributed by atoms with Crippen molar-refractivity contribution in [1.29, 1.82) is 0 Å². The molecule has 88 valence electrons. The van der Waals surface area contributed by atoms with E-state index in [1.807, 2.05) is 18.2 Å². The predicted octanol–water partition coefficient (Wildman–Crippen LogP) is 2.76. The molecule has 3 nitrogen and oxygen atoms in total. The Kier molecular flexibility index (Phi) is 2.65. The van der Waals surface area contributed by atoms with Crippen LogP contribution in [-0.4, -0.2) is 23.4 Å². The molecule has 1 aromatic heterocycles. The van der Waals surface area contributed by atoms with Crippen LogP contribution < -0.4 is 5.32 Å². The van der Waals surface area contributed by atoms with E-state index in [0.717, 1.165) is 16.5 Å². The van der Waals surface area contributed by atoms with Crippen molar-refractivity contribution in [3.8, 4) is 0 Å². The van der Waals surface area contributed by atoms with Gasteiger partial charge in [0.2, 0.25) is 0 Å². The van der Waals surface area contributed by atoms with Gasteiger partial charge in [0, 0.05) is 33.7 Å². The number of carbonyl (C=O) groups excluding carboxylic acids is 1. The average Bonchev–Trinajstić information content (AvgIpc) is 3.05. The van der Waals surface area contributed by atoms with Crippen LogP contribution >= 0.6 is 11.6 Å². The topological polar surface area (TPSA) is 44.9 Å². The average molecular weight is 249 g/mol. The summed E-state index contributed by atoms with van der Waals surface area (Å²) in [5, 5.41) is 4.78. The summed E-state index contributed by atoms with van der Waals surface area (Å²) in [5.74, 6) is 0.116. The van der Waals surface area contributed by atoms with E-state index in [-0.39, 0.29) is 5.78 Å². The molecule has 1 aliphatic carbocycles. The molecule has 0 radical (unpaired) electrons. The lowest BCUT2D eigenvalue weighted by Gasteiger charge is -2.01. The van der Waals surface area contributed by atoms with Gasteiger partial charge in [-0.1, -0.05) is 11.6 Å². The number of fused-ring (bicyclic) bond motifs is 1. The van der Waals surface area contributed by atoms with E-state index in [1.165, 1.54) is 12.8 Å². The molecular weight excluding hydrogens is 236 g/mol. The summed E-state index contributed by atoms with van der Waals surface area (Å²) in [6.07, 6.45) is 4.14. The van der Waals surface area contributed by atoms with E-state index < -0.39 is 0 Å². The van der Waals surface area contributed by atoms with E-state index in [4.69, 9.17) is 11.6 Å². The number of aromatic nitrogens is 1. The standard InChI is InChI=1S/C13H13ClN2O/c14-8-1-4-12-10(5-8)11(6-16-12)13(17)7-15-9-2-3-9/h1,4-6,9,15-16H,2-3,7H2. The first kappa shape index (κ1) is 10.8. The van der Waals surface area contributed by atoms with Gasteiger partial charge in [0.25, 0.3) is 0 Å². The van der Waals surface area contributed by atoms with Crippen molar-refractivity contribution in [2.45, 2.75) is 18.9 Å². The summed E-state index contributed by atoms with van der Waals surface area (Å²) in [5.41, 5.74) is 1.67. The highest BCUT2D eigenvalue weighted by Crippen LogP contribution is 2.23. The van der Waals surface area contributed by atoms with E-state index in [2.05, 4.69) is 10.3 Å². The predicted molar refractivity (Wildman–Crippen MR) is 68.7 cm³/mol. The number of Topliss-reactive ketones (excluding diaryl/α,β-unsaturated/α-hetero) is 1. The van der Waals surface area contributed by atoms with E-state index in [0.29, 0.717) is 17.6 Å². The van der Waals surface area contributed by atoms with Crippen LogP contribution in [0.15, 0.2) is 24.4 Å². The van der Waals surface area contributed by atoms with Gasteiger partial charge in [0.1, 0.15) is 0 Å². The fourth-order valence-electron chi connectivity index (χ4n) is 1.94. The van der Waals surface area contributed by atoms with Gasteiger partial charge in [-0.15, -0.1) is 0 Å². The number of aromatic amines is 1. The molecule has 0 bridgehead atoms. The number of halogens is 1. The van der Waals surface area contributed by atoms with Gasteiger partial charge in [-0.2, -0.15) is 0 Å². The van der Waals surface area contributed by atoms with Crippen LogP contribution in [0.4, 0.5) is 0 Å². The van der Waals surface area contributed by atoms with Crippen LogP contribution in [0.5, 0.6) is 0 Å². The number of nitrogens with one attached hydrogen (secondary N) is 2. The smallest absolute Gasteiger partial charge is 0.178 e. The number of hydrogen-bond donors (Lipinski definition) is 2. The molecule has 1 heterocycles. The van der Waals surface area contributed by atoms with Crippen molar-refractivity contribution < 1.29 is 4.79 Å². The van der Waals surface area contributed by atoms with Gasteiger partial charge in [-0.3, -0.25) is 4.79 Å². The summed E-state index contributed by atoms with van der Waals surface area (Å²) in [7, 11) is 0. The van der Waals surface area contributed by atoms with Gasteiger partial charge < -0.3 is 10.3 Å². The third kappa shape index (κ3) is 2.21. The normalized spacial score (nSPS) is 15.4. The van der Waals surface area contributed by atoms with Gasteiger partial charge in [0.15, 0.2) is 5.78 Å². The number of H-pyrrole nitrogens is 1. The van der Waals surface area contributed by atoms with Crippen molar-refractivity contribution in [3.63, 3.8) is 0 Å². The Labute approximate surface area is 104 Å². The summed E-state index contributed by atoms with van der Waals surface area (Å²) in [6.45, 7) is 0.407. The van der Waals surface area contributed by atoms with Crippen molar-refractivity contribution in [3.05, 3.63) is 35.0 Å². The van der Waals surface area contributed by atoms with Crippen LogP contribution in [0.1, 0.15) is 23.2 Å². The lowest BCUT2D eigenvalue weighted by Crippen LogP contribution is -2.24. The van der Waals surface area contributed by atoms with Crippen LogP contribution in [-0.2, 0) is 0 Å². The highest BCUT2D eigenvalue weighted by atomic mass is 35.5. The number of hydrogen-bond acceptors (Lipinski definition) is 2. The molecule has 3 rings (SSSR count). The van der Waals surface area contributed by atoms with E-state index in [1.54, 1.807) is 6.20 Å². The molecule has 0 amide bonds. The Morgan fingerprint density at radius 3 is 3.06 bits per heavy atom. The molecule has 0 spiro atoms. The van der Waals surface area contributed by atoms with Gasteiger partial charge in [0.05, 0.1) is 6.54 Å². The number of carbonyl (C=O) groups is 1. The second kappa shape index (κ2) is 4.17. The largest absolute Gasteiger partial charge is 0.360 e. The summed E-state index contributed by atoms with van der Waals surface area (Å²) in [4.78, 5) is 15.1. The van der Waals surface area contributed by atoms with Crippen LogP contribution in [0.2, 0.25) is 5.02 Å². The Hall–Kier alpha value is -1.32. The minimum Gasteiger partial charge on any atom is -0.360 e. The molecule has 0 saturated heterocycles. The quantitative estimate of drug-likeness (QED) is 0.818. The Bertz CT molecular complexity index is 572. The molecule has 0 atom stereocenters. The summed E-state index contributed by atoms with van der Waals surface area (Å²) in [6, 6.07) is 6.09. The molecule has 17 heavy (non-hydrogen) atoms. The van der Waals surface area contributed by atoms with Gasteiger partial charge in [-0.05, 0) is 31.0 Å². The lowest BCUT2D eigenvalue weighted by atomic mass is 10.1. The first-order chi connectivity index (χ1) is 8.24. The third-order valence-corrected chi connectivity index (χ3v) is 3.31. The summed E-state index contributed by atoms with van der Waals surface area (Å²) >= 11 is 5.95. The highest BCUT2D eigenvalue weighted by Gasteiger charge is 2.22. The Balaban J connectivity index is 1.87. The minimum absolute atomic E-state index is 0.116.